The smallest absolute Gasteiger partial charge is 0.231 e. The fraction of sp³-hybridized carbons (Fsp3) is 0.458. The number of nitrogens with one attached hydrogen (secondary N) is 1. The number of hydrogen-bond acceptors (Lipinski definition) is 5. The molecule has 0 bridgehead atoms. The van der Waals surface area contributed by atoms with Gasteiger partial charge < -0.3 is 24.3 Å². The van der Waals surface area contributed by atoms with E-state index >= 15 is 0 Å². The maximum atomic E-state index is 11.8. The number of ether oxygens (including phenoxy) is 4. The van der Waals surface area contributed by atoms with Gasteiger partial charge in [-0.15, -0.1) is 0 Å². The summed E-state index contributed by atoms with van der Waals surface area (Å²) in [6.45, 7) is 1.62. The Labute approximate surface area is 177 Å². The minimum atomic E-state index is -0.0837. The highest BCUT2D eigenvalue weighted by atomic mass is 16.7. The first kappa shape index (κ1) is 20.7. The van der Waals surface area contributed by atoms with Gasteiger partial charge in [0.05, 0.1) is 6.61 Å². The minimum absolute atomic E-state index is 0.0211. The lowest BCUT2D eigenvalue weighted by Gasteiger charge is -2.23. The van der Waals surface area contributed by atoms with Gasteiger partial charge in [-0.2, -0.15) is 0 Å². The molecule has 6 heteroatoms. The normalized spacial score (nSPS) is 17.7. The fourth-order valence-corrected chi connectivity index (χ4v) is 3.96. The predicted octanol–water partition coefficient (Wildman–Crippen LogP) is 3.85. The number of fused-ring (bicyclic) bond motifs is 1. The van der Waals surface area contributed by atoms with Gasteiger partial charge in [0.2, 0.25) is 12.7 Å². The molecule has 30 heavy (non-hydrogen) atoms. The van der Waals surface area contributed by atoms with Gasteiger partial charge in [0.25, 0.3) is 0 Å². The van der Waals surface area contributed by atoms with E-state index in [1.165, 1.54) is 5.56 Å². The van der Waals surface area contributed by atoms with E-state index in [1.54, 1.807) is 7.05 Å². The first-order valence-corrected chi connectivity index (χ1v) is 10.7. The number of carbonyl (C=O) groups excluding carboxylic acids is 1. The summed E-state index contributed by atoms with van der Waals surface area (Å²) in [6.07, 6.45) is 5.00. The molecule has 1 N–H and O–H groups in total. The third kappa shape index (κ3) is 4.94. The van der Waals surface area contributed by atoms with Crippen molar-refractivity contribution in [1.29, 1.82) is 0 Å². The average molecular weight is 411 g/mol. The summed E-state index contributed by atoms with van der Waals surface area (Å²) < 4.78 is 22.8. The number of benzene rings is 2. The molecule has 0 aliphatic carbocycles. The van der Waals surface area contributed by atoms with Crippen molar-refractivity contribution >= 4 is 5.91 Å². The third-order valence-electron chi connectivity index (χ3n) is 5.62. The van der Waals surface area contributed by atoms with Crippen molar-refractivity contribution in [3.8, 4) is 22.6 Å². The molecule has 4 rings (SSSR count). The maximum absolute atomic E-state index is 11.8. The first-order valence-electron chi connectivity index (χ1n) is 10.7. The van der Waals surface area contributed by atoms with Gasteiger partial charge in [0.1, 0.15) is 0 Å². The Bertz CT molecular complexity index is 876. The topological polar surface area (TPSA) is 66.0 Å². The largest absolute Gasteiger partial charge is 0.454 e. The van der Waals surface area contributed by atoms with Gasteiger partial charge in [-0.05, 0) is 66.5 Å². The monoisotopic (exact) mass is 411 g/mol. The van der Waals surface area contributed by atoms with Crippen LogP contribution in [0, 0.1) is 0 Å². The van der Waals surface area contributed by atoms with Crippen LogP contribution in [0.2, 0.25) is 0 Å². The van der Waals surface area contributed by atoms with Gasteiger partial charge in [0, 0.05) is 20.1 Å². The quantitative estimate of drug-likeness (QED) is 0.715. The summed E-state index contributed by atoms with van der Waals surface area (Å²) in [6, 6.07) is 12.4. The molecule has 0 aromatic heterocycles. The molecule has 2 aromatic carbocycles. The maximum Gasteiger partial charge on any atom is 0.231 e. The Hall–Kier alpha value is -2.57. The molecule has 2 heterocycles. The molecule has 0 spiro atoms. The molecule has 1 atom stereocenters. The van der Waals surface area contributed by atoms with E-state index in [-0.39, 0.29) is 19.0 Å². The first-order chi connectivity index (χ1) is 14.7. The fourth-order valence-electron chi connectivity index (χ4n) is 3.96. The van der Waals surface area contributed by atoms with Crippen molar-refractivity contribution in [2.45, 2.75) is 44.8 Å². The van der Waals surface area contributed by atoms with Crippen molar-refractivity contribution in [1.82, 2.24) is 5.32 Å². The minimum Gasteiger partial charge on any atom is -0.454 e. The number of carbonyl (C=O) groups is 1. The van der Waals surface area contributed by atoms with E-state index in [0.29, 0.717) is 19.4 Å². The van der Waals surface area contributed by atoms with Crippen LogP contribution in [-0.2, 0) is 27.1 Å². The SMILES string of the molecule is CNC(=O)CCc1cc2c(cc1-c1ccccc1CCOC1CCCCO1)OCO2. The number of rotatable bonds is 8. The van der Waals surface area contributed by atoms with E-state index in [0.717, 1.165) is 60.5 Å². The Morgan fingerprint density at radius 3 is 2.70 bits per heavy atom. The van der Waals surface area contributed by atoms with Crippen LogP contribution in [-0.4, -0.2) is 39.3 Å². The van der Waals surface area contributed by atoms with E-state index in [4.69, 9.17) is 18.9 Å². The second-order valence-corrected chi connectivity index (χ2v) is 7.61. The Kier molecular flexibility index (Phi) is 6.87. The summed E-state index contributed by atoms with van der Waals surface area (Å²) in [5, 5.41) is 2.69. The number of hydrogen-bond donors (Lipinski definition) is 1. The molecule has 1 unspecified atom stereocenters. The van der Waals surface area contributed by atoms with Crippen LogP contribution in [0.3, 0.4) is 0 Å². The van der Waals surface area contributed by atoms with E-state index in [1.807, 2.05) is 24.3 Å². The Morgan fingerprint density at radius 2 is 1.90 bits per heavy atom. The Balaban J connectivity index is 1.55. The second-order valence-electron chi connectivity index (χ2n) is 7.61. The van der Waals surface area contributed by atoms with E-state index < -0.39 is 0 Å². The van der Waals surface area contributed by atoms with Crippen molar-refractivity contribution in [2.75, 3.05) is 27.1 Å². The zero-order valence-electron chi connectivity index (χ0n) is 17.4. The summed E-state index contributed by atoms with van der Waals surface area (Å²) in [5.41, 5.74) is 4.49. The highest BCUT2D eigenvalue weighted by Crippen LogP contribution is 2.40. The van der Waals surface area contributed by atoms with Crippen LogP contribution in [0.25, 0.3) is 11.1 Å². The summed E-state index contributed by atoms with van der Waals surface area (Å²) in [4.78, 5) is 11.8. The van der Waals surface area contributed by atoms with Crippen molar-refractivity contribution in [3.05, 3.63) is 47.5 Å². The molecule has 1 fully saturated rings. The molecule has 2 aliphatic rings. The second kappa shape index (κ2) is 9.96. The van der Waals surface area contributed by atoms with E-state index in [2.05, 4.69) is 17.4 Å². The van der Waals surface area contributed by atoms with Crippen LogP contribution < -0.4 is 14.8 Å². The zero-order chi connectivity index (χ0) is 20.8. The summed E-state index contributed by atoms with van der Waals surface area (Å²) in [5.74, 6) is 1.50. The molecule has 0 saturated carbocycles. The van der Waals surface area contributed by atoms with Crippen LogP contribution in [0.15, 0.2) is 36.4 Å². The van der Waals surface area contributed by atoms with Crippen LogP contribution in [0.5, 0.6) is 11.5 Å². The van der Waals surface area contributed by atoms with Crippen molar-refractivity contribution < 1.29 is 23.7 Å². The Morgan fingerprint density at radius 1 is 1.07 bits per heavy atom. The molecule has 160 valence electrons. The highest BCUT2D eigenvalue weighted by Gasteiger charge is 2.20. The van der Waals surface area contributed by atoms with Crippen LogP contribution in [0.4, 0.5) is 0 Å². The molecule has 2 aliphatic heterocycles. The van der Waals surface area contributed by atoms with Gasteiger partial charge >= 0.3 is 0 Å². The van der Waals surface area contributed by atoms with Crippen molar-refractivity contribution in [2.24, 2.45) is 0 Å². The van der Waals surface area contributed by atoms with Crippen LogP contribution in [0.1, 0.15) is 36.8 Å². The number of aryl methyl sites for hydroxylation is 1. The van der Waals surface area contributed by atoms with Gasteiger partial charge in [-0.3, -0.25) is 4.79 Å². The molecule has 1 saturated heterocycles. The lowest BCUT2D eigenvalue weighted by molar-refractivity contribution is -0.161. The standard InChI is InChI=1S/C24H29NO5/c1-25-23(26)10-9-18-14-21-22(30-16-29-21)15-20(18)19-7-3-2-6-17(19)11-13-28-24-8-4-5-12-27-24/h2-3,6-7,14-15,24H,4-5,8-13,16H2,1H3,(H,25,26). The van der Waals surface area contributed by atoms with Crippen molar-refractivity contribution in [3.63, 3.8) is 0 Å². The number of amides is 1. The molecule has 2 aromatic rings. The average Bonchev–Trinajstić information content (AvgIpc) is 3.25. The van der Waals surface area contributed by atoms with Gasteiger partial charge in [-0.1, -0.05) is 24.3 Å². The molecule has 0 radical (unpaired) electrons. The van der Waals surface area contributed by atoms with Gasteiger partial charge in [-0.25, -0.2) is 0 Å². The molecular formula is C24H29NO5. The molecular weight excluding hydrogens is 382 g/mol. The summed E-state index contributed by atoms with van der Waals surface area (Å²) in [7, 11) is 1.66. The predicted molar refractivity (Wildman–Crippen MR) is 114 cm³/mol. The zero-order valence-corrected chi connectivity index (χ0v) is 17.4. The van der Waals surface area contributed by atoms with Crippen LogP contribution >= 0.6 is 0 Å². The van der Waals surface area contributed by atoms with E-state index in [9.17, 15) is 4.79 Å². The lowest BCUT2D eigenvalue weighted by atomic mass is 9.91. The molecule has 6 nitrogen and oxygen atoms in total. The molecule has 1 amide bonds. The highest BCUT2D eigenvalue weighted by molar-refractivity contribution is 5.78. The lowest BCUT2D eigenvalue weighted by Crippen LogP contribution is -2.23. The summed E-state index contributed by atoms with van der Waals surface area (Å²) >= 11 is 0. The third-order valence-corrected chi connectivity index (χ3v) is 5.62. The van der Waals surface area contributed by atoms with Gasteiger partial charge in [0.15, 0.2) is 17.8 Å².